The molecule has 0 aliphatic rings. The summed E-state index contributed by atoms with van der Waals surface area (Å²) in [4.78, 5) is 43.4. The average molecular weight is 402 g/mol. The topological polar surface area (TPSA) is 122 Å². The van der Waals surface area contributed by atoms with Crippen LogP contribution in [0.4, 0.5) is 0 Å². The number of H-pyrrole nitrogens is 1. The van der Waals surface area contributed by atoms with Crippen LogP contribution in [0.2, 0.25) is 0 Å². The van der Waals surface area contributed by atoms with E-state index in [1.54, 1.807) is 26.2 Å². The van der Waals surface area contributed by atoms with Crippen LogP contribution in [0.25, 0.3) is 0 Å². The monoisotopic (exact) mass is 402 g/mol. The van der Waals surface area contributed by atoms with Crippen LogP contribution in [-0.4, -0.2) is 54.6 Å². The first kappa shape index (κ1) is 22.1. The highest BCUT2D eigenvalue weighted by molar-refractivity contribution is 6.00. The van der Waals surface area contributed by atoms with Gasteiger partial charge in [-0.1, -0.05) is 0 Å². The largest absolute Gasteiger partial charge is 0.460 e. The third kappa shape index (κ3) is 6.42. The number of pyridine rings is 1. The van der Waals surface area contributed by atoms with E-state index in [9.17, 15) is 14.4 Å². The fourth-order valence-corrected chi connectivity index (χ4v) is 2.74. The Morgan fingerprint density at radius 1 is 1.10 bits per heavy atom. The Labute approximate surface area is 169 Å². The maximum atomic E-state index is 12.4. The Bertz CT molecular complexity index is 848. The molecule has 2 amide bonds. The number of aromatic nitrogens is 2. The molecule has 0 saturated heterocycles. The van der Waals surface area contributed by atoms with Gasteiger partial charge in [0.1, 0.15) is 12.3 Å². The molecular formula is C20H26N4O5. The van der Waals surface area contributed by atoms with E-state index in [0.29, 0.717) is 30.0 Å². The molecule has 2 rings (SSSR count). The lowest BCUT2D eigenvalue weighted by Crippen LogP contribution is -2.31. The van der Waals surface area contributed by atoms with E-state index in [1.165, 1.54) is 7.11 Å². The molecular weight excluding hydrogens is 376 g/mol. The molecule has 156 valence electrons. The molecule has 0 bridgehead atoms. The minimum Gasteiger partial charge on any atom is -0.460 e. The van der Waals surface area contributed by atoms with Crippen molar-refractivity contribution in [2.45, 2.75) is 26.8 Å². The summed E-state index contributed by atoms with van der Waals surface area (Å²) in [6.07, 6.45) is 3.45. The van der Waals surface area contributed by atoms with Crippen LogP contribution in [0.1, 0.15) is 44.1 Å². The summed E-state index contributed by atoms with van der Waals surface area (Å²) in [5.41, 5.74) is 2.61. The number of ether oxygens (including phenoxy) is 2. The van der Waals surface area contributed by atoms with E-state index in [2.05, 4.69) is 20.6 Å². The number of hydrogen-bond donors (Lipinski definition) is 3. The smallest absolute Gasteiger partial charge is 0.340 e. The second-order valence-electron chi connectivity index (χ2n) is 6.39. The highest BCUT2D eigenvalue weighted by Crippen LogP contribution is 2.19. The summed E-state index contributed by atoms with van der Waals surface area (Å²) in [7, 11) is 1.52. The van der Waals surface area contributed by atoms with E-state index in [4.69, 9.17) is 9.47 Å². The molecule has 0 aliphatic heterocycles. The lowest BCUT2D eigenvalue weighted by molar-refractivity contribution is -0.121. The first-order valence-electron chi connectivity index (χ1n) is 9.23. The molecule has 2 heterocycles. The summed E-state index contributed by atoms with van der Waals surface area (Å²) in [6.45, 7) is 4.38. The van der Waals surface area contributed by atoms with Crippen LogP contribution in [0.15, 0.2) is 24.5 Å². The molecule has 3 N–H and O–H groups in total. The highest BCUT2D eigenvalue weighted by atomic mass is 16.6. The van der Waals surface area contributed by atoms with Crippen LogP contribution < -0.4 is 10.6 Å². The zero-order chi connectivity index (χ0) is 21.2. The normalized spacial score (nSPS) is 10.4. The molecule has 0 radical (unpaired) electrons. The predicted molar refractivity (Wildman–Crippen MR) is 105 cm³/mol. The zero-order valence-electron chi connectivity index (χ0n) is 16.8. The second-order valence-corrected chi connectivity index (χ2v) is 6.39. The summed E-state index contributed by atoms with van der Waals surface area (Å²) < 4.78 is 9.98. The number of hydrogen-bond acceptors (Lipinski definition) is 6. The number of esters is 1. The number of nitrogens with zero attached hydrogens (tertiary/aromatic N) is 1. The molecule has 0 unspecified atom stereocenters. The number of rotatable bonds is 10. The average Bonchev–Trinajstić information content (AvgIpc) is 3.01. The van der Waals surface area contributed by atoms with Crippen molar-refractivity contribution in [1.29, 1.82) is 0 Å². The van der Waals surface area contributed by atoms with E-state index < -0.39 is 5.97 Å². The number of carbonyl (C=O) groups is 3. The van der Waals surface area contributed by atoms with Gasteiger partial charge < -0.3 is 25.1 Å². The minimum absolute atomic E-state index is 0.134. The van der Waals surface area contributed by atoms with Crippen LogP contribution in [-0.2, 0) is 20.8 Å². The molecule has 0 aromatic carbocycles. The predicted octanol–water partition coefficient (Wildman–Crippen LogP) is 1.27. The Morgan fingerprint density at radius 2 is 1.83 bits per heavy atom. The summed E-state index contributed by atoms with van der Waals surface area (Å²) in [5, 5.41) is 5.47. The quantitative estimate of drug-likeness (QED) is 0.406. The summed E-state index contributed by atoms with van der Waals surface area (Å²) in [6, 6.07) is 3.63. The number of methoxy groups -OCH3 is 1. The number of aryl methyl sites for hydroxylation is 1. The van der Waals surface area contributed by atoms with Crippen LogP contribution >= 0.6 is 0 Å². The van der Waals surface area contributed by atoms with Crippen molar-refractivity contribution in [2.75, 3.05) is 26.9 Å². The van der Waals surface area contributed by atoms with Gasteiger partial charge in [0.25, 0.3) is 5.91 Å². The van der Waals surface area contributed by atoms with Crippen molar-refractivity contribution in [3.8, 4) is 0 Å². The number of aromatic amines is 1. The lowest BCUT2D eigenvalue weighted by atomic mass is 10.1. The van der Waals surface area contributed by atoms with Crippen molar-refractivity contribution in [3.63, 3.8) is 0 Å². The van der Waals surface area contributed by atoms with Gasteiger partial charge in [0, 0.05) is 44.7 Å². The Kier molecular flexibility index (Phi) is 8.35. The van der Waals surface area contributed by atoms with Crippen molar-refractivity contribution >= 4 is 17.8 Å². The van der Waals surface area contributed by atoms with Gasteiger partial charge in [0.2, 0.25) is 5.91 Å². The van der Waals surface area contributed by atoms with Crippen molar-refractivity contribution < 1.29 is 23.9 Å². The summed E-state index contributed by atoms with van der Waals surface area (Å²) in [5.74, 6) is -1.07. The molecule has 9 nitrogen and oxygen atoms in total. The van der Waals surface area contributed by atoms with Crippen molar-refractivity contribution in [1.82, 2.24) is 20.6 Å². The van der Waals surface area contributed by atoms with E-state index >= 15 is 0 Å². The molecule has 0 fully saturated rings. The maximum absolute atomic E-state index is 12.4. The molecule has 0 spiro atoms. The third-order valence-electron chi connectivity index (χ3n) is 4.27. The zero-order valence-corrected chi connectivity index (χ0v) is 16.8. The van der Waals surface area contributed by atoms with E-state index in [1.807, 2.05) is 12.1 Å². The molecule has 0 aliphatic carbocycles. The van der Waals surface area contributed by atoms with E-state index in [0.717, 1.165) is 5.56 Å². The Hall–Kier alpha value is -3.20. The van der Waals surface area contributed by atoms with Gasteiger partial charge in [-0.25, -0.2) is 4.79 Å². The van der Waals surface area contributed by atoms with Gasteiger partial charge in [-0.05, 0) is 37.1 Å². The first-order valence-corrected chi connectivity index (χ1v) is 9.23. The molecule has 0 saturated carbocycles. The van der Waals surface area contributed by atoms with Gasteiger partial charge in [-0.3, -0.25) is 14.6 Å². The summed E-state index contributed by atoms with van der Waals surface area (Å²) >= 11 is 0. The first-order chi connectivity index (χ1) is 13.9. The number of carbonyl (C=O) groups excluding carboxylic acids is 3. The van der Waals surface area contributed by atoms with E-state index in [-0.39, 0.29) is 37.1 Å². The number of nitrogens with one attached hydrogen (secondary N) is 3. The fraction of sp³-hybridized carbons (Fsp3) is 0.400. The Balaban J connectivity index is 1.83. The molecule has 2 aromatic rings. The highest BCUT2D eigenvalue weighted by Gasteiger charge is 2.23. The van der Waals surface area contributed by atoms with Gasteiger partial charge in [0.15, 0.2) is 0 Å². The standard InChI is InChI=1S/C20H26N4O5/c1-13-17(20(27)29-11-10-28-3)14(2)24-18(13)19(26)22-9-6-16(25)23-12-15-4-7-21-8-5-15/h4-5,7-8,24H,6,9-12H2,1-3H3,(H,22,26)(H,23,25). The van der Waals surface area contributed by atoms with Crippen molar-refractivity contribution in [3.05, 3.63) is 52.6 Å². The van der Waals surface area contributed by atoms with Gasteiger partial charge in [-0.2, -0.15) is 0 Å². The van der Waals surface area contributed by atoms with Crippen LogP contribution in [0.5, 0.6) is 0 Å². The molecule has 9 heteroatoms. The van der Waals surface area contributed by atoms with Crippen LogP contribution in [0.3, 0.4) is 0 Å². The lowest BCUT2D eigenvalue weighted by Gasteiger charge is -2.07. The molecule has 0 atom stereocenters. The second kappa shape index (κ2) is 11.0. The SMILES string of the molecule is COCCOC(=O)c1c(C)[nH]c(C(=O)NCCC(=O)NCc2ccncc2)c1C. The third-order valence-corrected chi connectivity index (χ3v) is 4.27. The molecule has 29 heavy (non-hydrogen) atoms. The number of amides is 2. The maximum Gasteiger partial charge on any atom is 0.340 e. The van der Waals surface area contributed by atoms with Crippen molar-refractivity contribution in [2.24, 2.45) is 0 Å². The van der Waals surface area contributed by atoms with Gasteiger partial charge in [0.05, 0.1) is 12.2 Å². The minimum atomic E-state index is -0.511. The van der Waals surface area contributed by atoms with Gasteiger partial charge >= 0.3 is 5.97 Å². The fourth-order valence-electron chi connectivity index (χ4n) is 2.74. The van der Waals surface area contributed by atoms with Gasteiger partial charge in [-0.15, -0.1) is 0 Å². The molecule has 2 aromatic heterocycles. The Morgan fingerprint density at radius 3 is 2.52 bits per heavy atom. The van der Waals surface area contributed by atoms with Crippen LogP contribution in [0, 0.1) is 13.8 Å².